The Bertz CT molecular complexity index is 6220. The van der Waals surface area contributed by atoms with Crippen LogP contribution in [0.15, 0.2) is 96.4 Å². The van der Waals surface area contributed by atoms with Crippen LogP contribution in [-0.2, 0) is 113 Å². The van der Waals surface area contributed by atoms with Gasteiger partial charge in [0.1, 0.15) is 54.2 Å². The molecule has 4 aromatic heterocycles. The van der Waals surface area contributed by atoms with Gasteiger partial charge in [0.2, 0.25) is 47.3 Å². The van der Waals surface area contributed by atoms with Gasteiger partial charge in [-0.3, -0.25) is 96.2 Å². The molecule has 0 saturated carbocycles. The number of carbonyl (C=O) groups excluding carboxylic acids is 11. The largest absolute Gasteiger partial charge is 0.444 e. The molecule has 16 rings (SSSR count). The van der Waals surface area contributed by atoms with Crippen LogP contribution in [0, 0.1) is 24.2 Å². The first-order valence-corrected chi connectivity index (χ1v) is 48.2. The van der Waals surface area contributed by atoms with Crippen LogP contribution in [0.1, 0.15) is 228 Å². The number of piperidine rings is 8. The summed E-state index contributed by atoms with van der Waals surface area (Å²) in [5, 5.41) is 12.6. The van der Waals surface area contributed by atoms with E-state index in [1.807, 2.05) is 117 Å². The van der Waals surface area contributed by atoms with E-state index in [1.165, 1.54) is 39.4 Å². The van der Waals surface area contributed by atoms with Gasteiger partial charge in [0, 0.05) is 118 Å². The summed E-state index contributed by atoms with van der Waals surface area (Å²) >= 11 is 3.37. The maximum Gasteiger partial charge on any atom is 0.410 e. The SMILES string of the molecule is C#CCOC1CCN(C(=O)OC(C)(C)C)CC1.Cn1c(=O)n(C2CCC(=O)NC2=O)c2cc(Br)ccc21.Cn1c(=O)n(C2CCC(=O)NC2=O)c2cc(C#CCOC3CCN(C(=O)OC(C)(C)C)CC3)ccc21.Cn1c(=O)n(C2CCC(=O)NC2=O)c2cc(CCCOC3CCN(C(=O)OC(C)(C)C)CC3)ccc21.Cn1c(=O)n(C2CCC(=O)NC2=O)c2cc(CCCOC3CCNCC3)ccc21.[3H]C. The molecule has 752 valence electrons. The fourth-order valence-corrected chi connectivity index (χ4v) is 18.3. The molecule has 139 heavy (non-hydrogen) atoms. The summed E-state index contributed by atoms with van der Waals surface area (Å²) in [4.78, 5) is 187. The van der Waals surface area contributed by atoms with E-state index in [2.05, 4.69) is 60.3 Å². The van der Waals surface area contributed by atoms with Crippen LogP contribution >= 0.6 is 15.9 Å². The smallest absolute Gasteiger partial charge is 0.410 e. The van der Waals surface area contributed by atoms with Crippen molar-refractivity contribution in [2.75, 3.05) is 78.8 Å². The van der Waals surface area contributed by atoms with Crippen molar-refractivity contribution in [3.05, 3.63) is 136 Å². The second-order valence-electron chi connectivity index (χ2n) is 38.7. The molecule has 0 spiro atoms. The van der Waals surface area contributed by atoms with E-state index in [9.17, 15) is 71.9 Å². The van der Waals surface area contributed by atoms with Crippen molar-refractivity contribution in [3.8, 4) is 24.2 Å². The van der Waals surface area contributed by atoms with Gasteiger partial charge in [0.15, 0.2) is 0 Å². The number of hydrogen-bond donors (Lipinski definition) is 5. The van der Waals surface area contributed by atoms with Gasteiger partial charge < -0.3 is 53.2 Å². The number of nitrogens with zero attached hydrogens (tertiary/aromatic N) is 11. The third kappa shape index (κ3) is 28.1. The molecule has 0 bridgehead atoms. The number of likely N-dealkylation sites (tertiary alicyclic amines) is 3. The molecule has 8 aliphatic rings. The molecular formula is C100H133BrN16O22. The minimum Gasteiger partial charge on any atom is -0.444 e. The zero-order chi connectivity index (χ0) is 102. The van der Waals surface area contributed by atoms with Crippen molar-refractivity contribution in [3.63, 3.8) is 0 Å². The number of carbonyl (C=O) groups is 11. The summed E-state index contributed by atoms with van der Waals surface area (Å²) in [6, 6.07) is 20.0. The predicted molar refractivity (Wildman–Crippen MR) is 523 cm³/mol. The average molecular weight is 1990 g/mol. The molecule has 8 aliphatic heterocycles. The number of fused-ring (bicyclic) bond motifs is 4. The Hall–Kier alpha value is -12.3. The van der Waals surface area contributed by atoms with Crippen molar-refractivity contribution in [1.82, 2.24) is 77.8 Å². The zero-order valence-electron chi connectivity index (χ0n) is 83.0. The monoisotopic (exact) mass is 1990 g/mol. The number of amides is 11. The first-order valence-electron chi connectivity index (χ1n) is 48.4. The second-order valence-corrected chi connectivity index (χ2v) is 39.6. The van der Waals surface area contributed by atoms with Gasteiger partial charge in [-0.05, 0) is 250 Å². The fraction of sp³-hybridized carbons (Fsp3) is 0.570. The summed E-state index contributed by atoms with van der Waals surface area (Å²) in [7, 11) is 7.97. The number of nitrogens with one attached hydrogen (secondary N) is 5. The third-order valence-electron chi connectivity index (χ3n) is 25.1. The van der Waals surface area contributed by atoms with Gasteiger partial charge in [0.05, 0.1) is 68.5 Å². The average Bonchev–Trinajstić information content (AvgIpc) is 1.63. The lowest BCUT2D eigenvalue weighted by Gasteiger charge is -2.33. The highest BCUT2D eigenvalue weighted by Crippen LogP contribution is 2.32. The number of aryl methyl sites for hydroxylation is 6. The lowest BCUT2D eigenvalue weighted by Crippen LogP contribution is -2.44. The van der Waals surface area contributed by atoms with Crippen LogP contribution in [0.2, 0.25) is 0 Å². The van der Waals surface area contributed by atoms with Crippen LogP contribution in [-0.4, -0.2) is 237 Å². The molecule has 8 fully saturated rings. The van der Waals surface area contributed by atoms with Crippen molar-refractivity contribution in [2.24, 2.45) is 28.2 Å². The lowest BCUT2D eigenvalue weighted by atomic mass is 10.0. The summed E-state index contributed by atoms with van der Waals surface area (Å²) in [6.07, 6.45) is 17.3. The number of halogens is 1. The number of ether oxygens (including phenoxy) is 7. The first kappa shape index (κ1) is 106. The summed E-state index contributed by atoms with van der Waals surface area (Å²) < 4.78 is 58.2. The highest BCUT2D eigenvalue weighted by molar-refractivity contribution is 9.10. The van der Waals surface area contributed by atoms with Crippen LogP contribution in [0.3, 0.4) is 0 Å². The Morgan fingerprint density at radius 1 is 0.396 bits per heavy atom. The highest BCUT2D eigenvalue weighted by Gasteiger charge is 2.38. The summed E-state index contributed by atoms with van der Waals surface area (Å²) in [5.74, 6) is 5.60. The molecule has 38 nitrogen and oxygen atoms in total. The van der Waals surface area contributed by atoms with Crippen molar-refractivity contribution >= 4 is 126 Å². The number of aromatic nitrogens is 8. The van der Waals surface area contributed by atoms with Gasteiger partial charge in [-0.25, -0.2) is 33.6 Å². The van der Waals surface area contributed by atoms with Gasteiger partial charge in [-0.15, -0.1) is 6.42 Å². The molecule has 12 heterocycles. The molecule has 4 aromatic carbocycles. The number of benzene rings is 4. The maximum atomic E-state index is 12.9. The van der Waals surface area contributed by atoms with Crippen molar-refractivity contribution < 1.29 is 87.3 Å². The van der Waals surface area contributed by atoms with E-state index in [-0.39, 0.29) is 122 Å². The van der Waals surface area contributed by atoms with Crippen LogP contribution in [0.4, 0.5) is 14.4 Å². The number of imide groups is 4. The quantitative estimate of drug-likeness (QED) is 0.0231. The Labute approximate surface area is 817 Å². The standard InChI is InChI=1S/C26H36N4O6.C26H32N4O6.C21H28N4O4.C13H12BrN3O3.C13H21NO3.CH4/c2*1-26(2,3)36-25(34)29-13-11-18(12-14-29)35-15-5-6-17-7-8-19-21(16-17)30(24(33)28(19)4)20-9-10-22(31)27-23(20)32;1-24-16-5-4-14(3-2-12-29-15-8-10-22-11-9-15)13-18(16)25(21(24)28)17-6-7-19(26)23-20(17)27;1-16-8-3-2-7(14)6-10(8)17(13(16)20)9-4-5-11(18)15-12(9)19;1-5-10-16-11-6-8-14(9-7-11)12(15)17-13(2,3)4;/h7-8,16,18,20H,5-6,9-15H2,1-4H3,(H,27,31,32);7-8,16,18,20H,9-15H2,1-4H3,(H,27,31,32);4-5,13,15,17,22H,2-3,6-12H2,1H3,(H,23,26,27);2-3,6,9H,4-5H2,1H3,(H,15,18,19);1,11H,6-10H2,2-4H3;1H4/i;;;;;1T. The second kappa shape index (κ2) is 47.6. The molecular weight excluding hydrogens is 1860 g/mol. The van der Waals surface area contributed by atoms with Gasteiger partial charge in [-0.1, -0.05) is 53.2 Å². The first-order chi connectivity index (χ1) is 66.5. The molecule has 4 atom stereocenters. The molecule has 11 amide bonds. The Morgan fingerprint density at radius 3 is 1.01 bits per heavy atom. The Kier molecular flexibility index (Phi) is 36.2. The number of hydrogen-bond acceptors (Lipinski definition) is 23. The van der Waals surface area contributed by atoms with E-state index in [1.54, 1.807) is 65.7 Å². The Morgan fingerprint density at radius 2 is 0.691 bits per heavy atom. The number of rotatable bonds is 18. The Balaban J connectivity index is 0.000000171. The molecule has 4 unspecified atom stereocenters. The van der Waals surface area contributed by atoms with E-state index < -0.39 is 64.6 Å². The fourth-order valence-electron chi connectivity index (χ4n) is 17.9. The summed E-state index contributed by atoms with van der Waals surface area (Å²) in [5.41, 5.74) is 6.03. The van der Waals surface area contributed by atoms with E-state index in [0.29, 0.717) is 105 Å². The minimum atomic E-state index is -0.739. The number of terminal acetylenes is 1. The van der Waals surface area contributed by atoms with E-state index in [0.717, 1.165) is 134 Å². The van der Waals surface area contributed by atoms with Crippen LogP contribution in [0.25, 0.3) is 44.1 Å². The van der Waals surface area contributed by atoms with Gasteiger partial charge in [0.25, 0.3) is 0 Å². The van der Waals surface area contributed by atoms with Crippen LogP contribution < -0.4 is 49.3 Å². The van der Waals surface area contributed by atoms with Crippen molar-refractivity contribution in [1.29, 1.82) is 0 Å². The van der Waals surface area contributed by atoms with E-state index in [4.69, 9.17) is 41.0 Å². The molecule has 0 aliphatic carbocycles. The van der Waals surface area contributed by atoms with E-state index >= 15 is 0 Å². The summed E-state index contributed by atoms with van der Waals surface area (Å²) in [6.45, 7) is 24.5. The highest BCUT2D eigenvalue weighted by atomic mass is 79.9. The van der Waals surface area contributed by atoms with Gasteiger partial charge in [-0.2, -0.15) is 0 Å². The normalized spacial score (nSPS) is 19.4. The van der Waals surface area contributed by atoms with Gasteiger partial charge >= 0.3 is 41.0 Å². The third-order valence-corrected chi connectivity index (χ3v) is 25.5. The zero-order valence-corrected chi connectivity index (χ0v) is 83.6. The lowest BCUT2D eigenvalue weighted by molar-refractivity contribution is -0.137. The van der Waals surface area contributed by atoms with Crippen LogP contribution in [0.5, 0.6) is 0 Å². The molecule has 0 radical (unpaired) electrons. The predicted octanol–water partition coefficient (Wildman–Crippen LogP) is 9.52. The topological polar surface area (TPSA) is 430 Å². The number of imidazole rings is 4. The van der Waals surface area contributed by atoms with Crippen molar-refractivity contribution in [2.45, 2.75) is 264 Å². The molecule has 39 heteroatoms. The minimum absolute atomic E-state index is 0.0206. The molecule has 8 saturated heterocycles. The maximum absolute atomic E-state index is 12.9. The molecule has 5 N–H and O–H groups in total. The molecule has 8 aromatic rings.